The number of rotatable bonds is 9. The highest BCUT2D eigenvalue weighted by Gasteiger charge is 2.20. The molecule has 0 spiro atoms. The summed E-state index contributed by atoms with van der Waals surface area (Å²) in [5.41, 5.74) is 5.84. The van der Waals surface area contributed by atoms with Gasteiger partial charge in [0.2, 0.25) is 5.91 Å². The topological polar surface area (TPSA) is 134 Å². The zero-order valence-electron chi connectivity index (χ0n) is 17.3. The third-order valence-electron chi connectivity index (χ3n) is 3.87. The molecule has 160 valence electrons. The highest BCUT2D eigenvalue weighted by Crippen LogP contribution is 2.31. The lowest BCUT2D eigenvalue weighted by molar-refractivity contribution is -0.385. The van der Waals surface area contributed by atoms with Crippen LogP contribution in [-0.4, -0.2) is 29.4 Å². The zero-order chi connectivity index (χ0) is 22.4. The number of nitrogens with zero attached hydrogens (tertiary/aromatic N) is 1. The van der Waals surface area contributed by atoms with E-state index in [1.807, 2.05) is 13.8 Å². The number of carbonyl (C=O) groups excluding carboxylic acids is 2. The number of benzene rings is 2. The number of amides is 2. The number of nitrogens with one attached hydrogen (secondary N) is 1. The van der Waals surface area contributed by atoms with Crippen LogP contribution < -0.4 is 20.5 Å². The number of hydrogen-bond acceptors (Lipinski definition) is 6. The third-order valence-corrected chi connectivity index (χ3v) is 3.87. The smallest absolute Gasteiger partial charge is 0.310 e. The van der Waals surface area contributed by atoms with Crippen molar-refractivity contribution in [3.05, 3.63) is 57.6 Å². The summed E-state index contributed by atoms with van der Waals surface area (Å²) in [6.45, 7) is 7.70. The Morgan fingerprint density at radius 2 is 1.70 bits per heavy atom. The normalized spacial score (nSPS) is 10.7. The molecule has 0 unspecified atom stereocenters. The van der Waals surface area contributed by atoms with Crippen molar-refractivity contribution in [2.75, 3.05) is 11.9 Å². The van der Waals surface area contributed by atoms with Crippen LogP contribution in [0.15, 0.2) is 36.4 Å². The van der Waals surface area contributed by atoms with Crippen molar-refractivity contribution < 1.29 is 24.0 Å². The summed E-state index contributed by atoms with van der Waals surface area (Å²) >= 11 is 0. The minimum atomic E-state index is -0.621. The fourth-order valence-electron chi connectivity index (χ4n) is 2.50. The van der Waals surface area contributed by atoms with Crippen LogP contribution in [0.1, 0.15) is 48.4 Å². The molecule has 0 aliphatic rings. The molecule has 9 nitrogen and oxygen atoms in total. The molecule has 2 aromatic rings. The fourth-order valence-corrected chi connectivity index (χ4v) is 2.50. The predicted octanol–water partition coefficient (Wildman–Crippen LogP) is 3.77. The van der Waals surface area contributed by atoms with Crippen LogP contribution in [0.2, 0.25) is 0 Å². The van der Waals surface area contributed by atoms with E-state index in [4.69, 9.17) is 15.2 Å². The molecule has 0 aromatic heterocycles. The molecule has 9 heteroatoms. The molecule has 0 aliphatic carbocycles. The van der Waals surface area contributed by atoms with Crippen molar-refractivity contribution >= 4 is 23.2 Å². The van der Waals surface area contributed by atoms with Crippen molar-refractivity contribution in [3.63, 3.8) is 0 Å². The summed E-state index contributed by atoms with van der Waals surface area (Å²) in [5.74, 6) is -0.679. The maximum Gasteiger partial charge on any atom is 0.310 e. The second-order valence-corrected chi connectivity index (χ2v) is 7.34. The summed E-state index contributed by atoms with van der Waals surface area (Å²) in [5, 5.41) is 13.9. The Kier molecular flexibility index (Phi) is 7.35. The number of carbonyl (C=O) groups is 2. The molecule has 2 amide bonds. The monoisotopic (exact) mass is 415 g/mol. The van der Waals surface area contributed by atoms with Gasteiger partial charge in [-0.05, 0) is 44.0 Å². The standard InChI is InChI=1S/C21H25N3O6/c1-12(2)11-29-19-10-15(6-8-17(19)24(27)28)21(26)23-16-7-5-14(20(22)25)9-18(16)30-13(3)4/h5-10,12-13H,11H2,1-4H3,(H2,22,25)(H,23,26). The minimum absolute atomic E-state index is 0.0177. The number of anilines is 1. The van der Waals surface area contributed by atoms with Gasteiger partial charge in [-0.3, -0.25) is 19.7 Å². The molecule has 0 aliphatic heterocycles. The lowest BCUT2D eigenvalue weighted by Gasteiger charge is -2.16. The van der Waals surface area contributed by atoms with E-state index in [9.17, 15) is 19.7 Å². The Bertz CT molecular complexity index is 956. The van der Waals surface area contributed by atoms with Gasteiger partial charge in [0.05, 0.1) is 23.3 Å². The van der Waals surface area contributed by atoms with Crippen LogP contribution in [0.5, 0.6) is 11.5 Å². The van der Waals surface area contributed by atoms with E-state index in [-0.39, 0.29) is 46.9 Å². The highest BCUT2D eigenvalue weighted by molar-refractivity contribution is 6.06. The van der Waals surface area contributed by atoms with Crippen LogP contribution in [0.25, 0.3) is 0 Å². The Labute approximate surface area is 174 Å². The first-order valence-corrected chi connectivity index (χ1v) is 9.41. The van der Waals surface area contributed by atoms with Gasteiger partial charge in [0.15, 0.2) is 5.75 Å². The van der Waals surface area contributed by atoms with E-state index in [2.05, 4.69) is 5.32 Å². The Morgan fingerprint density at radius 3 is 2.27 bits per heavy atom. The molecular weight excluding hydrogens is 390 g/mol. The van der Waals surface area contributed by atoms with Gasteiger partial charge in [0.1, 0.15) is 5.75 Å². The average Bonchev–Trinajstić information content (AvgIpc) is 2.66. The minimum Gasteiger partial charge on any atom is -0.489 e. The molecule has 3 N–H and O–H groups in total. The van der Waals surface area contributed by atoms with E-state index in [0.29, 0.717) is 5.69 Å². The zero-order valence-corrected chi connectivity index (χ0v) is 17.3. The van der Waals surface area contributed by atoms with Gasteiger partial charge in [0, 0.05) is 23.3 Å². The van der Waals surface area contributed by atoms with E-state index < -0.39 is 16.7 Å². The van der Waals surface area contributed by atoms with Gasteiger partial charge in [-0.15, -0.1) is 0 Å². The quantitative estimate of drug-likeness (QED) is 0.473. The van der Waals surface area contributed by atoms with Crippen LogP contribution in [0.3, 0.4) is 0 Å². The molecule has 0 saturated carbocycles. The van der Waals surface area contributed by atoms with Crippen LogP contribution in [-0.2, 0) is 0 Å². The van der Waals surface area contributed by atoms with Crippen molar-refractivity contribution in [1.82, 2.24) is 0 Å². The van der Waals surface area contributed by atoms with Gasteiger partial charge in [-0.25, -0.2) is 0 Å². The number of primary amides is 1. The van der Waals surface area contributed by atoms with Gasteiger partial charge >= 0.3 is 5.69 Å². The SMILES string of the molecule is CC(C)COc1cc(C(=O)Nc2ccc(C(N)=O)cc2OC(C)C)ccc1[N+](=O)[O-]. The van der Waals surface area contributed by atoms with E-state index >= 15 is 0 Å². The molecule has 2 aromatic carbocycles. The first-order valence-electron chi connectivity index (χ1n) is 9.41. The lowest BCUT2D eigenvalue weighted by atomic mass is 10.1. The Balaban J connectivity index is 2.34. The first kappa shape index (κ1) is 22.7. The molecule has 0 radical (unpaired) electrons. The lowest BCUT2D eigenvalue weighted by Crippen LogP contribution is -2.17. The summed E-state index contributed by atoms with van der Waals surface area (Å²) in [7, 11) is 0. The molecule has 0 saturated heterocycles. The maximum absolute atomic E-state index is 12.8. The van der Waals surface area contributed by atoms with E-state index in [1.165, 1.54) is 36.4 Å². The Morgan fingerprint density at radius 1 is 1.07 bits per heavy atom. The molecule has 0 atom stereocenters. The summed E-state index contributed by atoms with van der Waals surface area (Å²) in [6, 6.07) is 8.33. The largest absolute Gasteiger partial charge is 0.489 e. The molecular formula is C21H25N3O6. The van der Waals surface area contributed by atoms with Crippen LogP contribution >= 0.6 is 0 Å². The second-order valence-electron chi connectivity index (χ2n) is 7.34. The average molecular weight is 415 g/mol. The number of hydrogen-bond donors (Lipinski definition) is 2. The predicted molar refractivity (Wildman–Crippen MR) is 112 cm³/mol. The molecule has 0 bridgehead atoms. The van der Waals surface area contributed by atoms with Crippen LogP contribution in [0.4, 0.5) is 11.4 Å². The van der Waals surface area contributed by atoms with Gasteiger partial charge in [-0.2, -0.15) is 0 Å². The van der Waals surface area contributed by atoms with Gasteiger partial charge < -0.3 is 20.5 Å². The van der Waals surface area contributed by atoms with E-state index in [0.717, 1.165) is 0 Å². The summed E-state index contributed by atoms with van der Waals surface area (Å²) in [6.07, 6.45) is -0.209. The second kappa shape index (κ2) is 9.73. The fraction of sp³-hybridized carbons (Fsp3) is 0.333. The van der Waals surface area contributed by atoms with Crippen molar-refractivity contribution in [3.8, 4) is 11.5 Å². The molecule has 0 fully saturated rings. The van der Waals surface area contributed by atoms with Crippen LogP contribution in [0, 0.1) is 16.0 Å². The Hall–Kier alpha value is -3.62. The highest BCUT2D eigenvalue weighted by atomic mass is 16.6. The van der Waals surface area contributed by atoms with Crippen molar-refractivity contribution in [2.24, 2.45) is 11.7 Å². The molecule has 30 heavy (non-hydrogen) atoms. The third kappa shape index (κ3) is 5.94. The number of nitrogens with two attached hydrogens (primary N) is 1. The number of nitro groups is 1. The summed E-state index contributed by atoms with van der Waals surface area (Å²) in [4.78, 5) is 34.9. The van der Waals surface area contributed by atoms with Gasteiger partial charge in [0.25, 0.3) is 5.91 Å². The van der Waals surface area contributed by atoms with Crippen molar-refractivity contribution in [2.45, 2.75) is 33.8 Å². The molecule has 2 rings (SSSR count). The number of nitro benzene ring substituents is 1. The summed E-state index contributed by atoms with van der Waals surface area (Å²) < 4.78 is 11.2. The van der Waals surface area contributed by atoms with Gasteiger partial charge in [-0.1, -0.05) is 13.8 Å². The first-order chi connectivity index (χ1) is 14.1. The van der Waals surface area contributed by atoms with Crippen molar-refractivity contribution in [1.29, 1.82) is 0 Å². The maximum atomic E-state index is 12.8. The number of ether oxygens (including phenoxy) is 2. The van der Waals surface area contributed by atoms with E-state index in [1.54, 1.807) is 13.8 Å². The molecule has 0 heterocycles.